The quantitative estimate of drug-likeness (QED) is 0.198. The summed E-state index contributed by atoms with van der Waals surface area (Å²) >= 11 is -0.834. The Bertz CT molecular complexity index is 596. The molecule has 126 valence electrons. The van der Waals surface area contributed by atoms with Crippen LogP contribution in [0.5, 0.6) is 0 Å². The third kappa shape index (κ3) is 2.23. The minimum atomic E-state index is -4.22. The van der Waals surface area contributed by atoms with Crippen molar-refractivity contribution in [1.82, 2.24) is 0 Å². The molecular formula is C9H9F2O9S2-. The maximum absolute atomic E-state index is 13.4. The van der Waals surface area contributed by atoms with Crippen LogP contribution in [-0.2, 0) is 37.9 Å². The third-order valence-corrected chi connectivity index (χ3v) is 6.17. The number of esters is 1. The predicted molar refractivity (Wildman–Crippen MR) is 60.1 cm³/mol. The zero-order valence-electron chi connectivity index (χ0n) is 10.8. The van der Waals surface area contributed by atoms with Crippen molar-refractivity contribution in [1.29, 1.82) is 0 Å². The van der Waals surface area contributed by atoms with Gasteiger partial charge in [-0.1, -0.05) is 0 Å². The lowest BCUT2D eigenvalue weighted by Gasteiger charge is -2.31. The zero-order valence-corrected chi connectivity index (χ0v) is 12.4. The minimum Gasteiger partial charge on any atom is -0.691 e. The van der Waals surface area contributed by atoms with Gasteiger partial charge in [0.25, 0.3) is 10.1 Å². The number of alkyl halides is 2. The summed E-state index contributed by atoms with van der Waals surface area (Å²) in [6.07, 6.45) is -3.08. The Hall–Kier alpha value is -0.570. The van der Waals surface area contributed by atoms with Crippen LogP contribution in [0.1, 0.15) is 13.3 Å². The largest absolute Gasteiger partial charge is 0.691 e. The number of rotatable bonds is 5. The summed E-state index contributed by atoms with van der Waals surface area (Å²) < 4.78 is 68.7. The molecule has 3 rings (SSSR count). The summed E-state index contributed by atoms with van der Waals surface area (Å²) in [4.78, 5) is 11.5. The maximum atomic E-state index is 13.4. The number of fused-ring (bicyclic) bond motifs is 1. The highest BCUT2D eigenvalue weighted by Gasteiger charge is 2.74. The smallest absolute Gasteiger partial charge is 0.415 e. The number of ether oxygens (including phenoxy) is 2. The normalized spacial score (nSPS) is 41.8. The Morgan fingerprint density at radius 3 is 2.82 bits per heavy atom. The van der Waals surface area contributed by atoms with E-state index in [2.05, 4.69) is 14.1 Å². The Morgan fingerprint density at radius 1 is 1.50 bits per heavy atom. The van der Waals surface area contributed by atoms with Gasteiger partial charge < -0.3 is 14.7 Å². The molecule has 0 aromatic carbocycles. The molecule has 0 saturated carbocycles. The monoisotopic (exact) mass is 363 g/mol. The van der Waals surface area contributed by atoms with Crippen LogP contribution >= 0.6 is 12.0 Å². The van der Waals surface area contributed by atoms with Gasteiger partial charge in [-0.25, -0.2) is 4.79 Å². The lowest BCUT2D eigenvalue weighted by molar-refractivity contribution is -0.777. The fraction of sp³-hybridized carbons (Fsp3) is 0.889. The number of carbonyl (C=O) groups is 1. The molecule has 5 atom stereocenters. The van der Waals surface area contributed by atoms with E-state index in [4.69, 9.17) is 8.92 Å². The van der Waals surface area contributed by atoms with Crippen molar-refractivity contribution >= 4 is 28.1 Å². The molecule has 0 radical (unpaired) electrons. The lowest BCUT2D eigenvalue weighted by atomic mass is 9.83. The van der Waals surface area contributed by atoms with Gasteiger partial charge in [0, 0.05) is 0 Å². The highest BCUT2D eigenvalue weighted by molar-refractivity contribution is 7.96. The van der Waals surface area contributed by atoms with Crippen molar-refractivity contribution < 1.29 is 50.3 Å². The molecule has 2 bridgehead atoms. The summed E-state index contributed by atoms with van der Waals surface area (Å²) in [5.41, 5.74) is -1.56. The maximum Gasteiger partial charge on any atom is 0.415 e. The second-order valence-electron chi connectivity index (χ2n) is 5.19. The first-order chi connectivity index (χ1) is 10.1. The van der Waals surface area contributed by atoms with E-state index in [0.717, 1.165) is 0 Å². The van der Waals surface area contributed by atoms with Crippen LogP contribution in [0.25, 0.3) is 0 Å². The summed E-state index contributed by atoms with van der Waals surface area (Å²) in [6, 6.07) is 0. The molecule has 0 N–H and O–H groups in total. The topological polar surface area (TPSA) is 120 Å². The van der Waals surface area contributed by atoms with Crippen LogP contribution in [0.4, 0.5) is 8.78 Å². The molecule has 3 aliphatic heterocycles. The summed E-state index contributed by atoms with van der Waals surface area (Å²) in [5, 5.41) is 7.16. The molecule has 0 aliphatic carbocycles. The van der Waals surface area contributed by atoms with E-state index in [9.17, 15) is 27.3 Å². The Kier molecular flexibility index (Phi) is 3.67. The second-order valence-corrected chi connectivity index (χ2v) is 7.76. The van der Waals surface area contributed by atoms with Gasteiger partial charge in [0.05, 0.1) is 6.10 Å². The number of carbonyl (C=O) groups excluding carboxylic acids is 1. The lowest BCUT2D eigenvalue weighted by Crippen LogP contribution is -2.52. The van der Waals surface area contributed by atoms with Crippen molar-refractivity contribution in [3.63, 3.8) is 0 Å². The molecule has 3 aliphatic rings. The van der Waals surface area contributed by atoms with E-state index in [1.165, 1.54) is 6.92 Å². The van der Waals surface area contributed by atoms with Crippen molar-refractivity contribution in [2.45, 2.75) is 47.8 Å². The van der Waals surface area contributed by atoms with Gasteiger partial charge in [-0.15, -0.1) is 0 Å². The number of hydrogen-bond acceptors (Lipinski definition) is 10. The van der Waals surface area contributed by atoms with Crippen LogP contribution in [-0.4, -0.2) is 48.8 Å². The molecule has 3 fully saturated rings. The molecule has 13 heteroatoms. The Morgan fingerprint density at radius 2 is 2.18 bits per heavy atom. The molecule has 3 heterocycles. The first-order valence-electron chi connectivity index (χ1n) is 5.95. The van der Waals surface area contributed by atoms with Gasteiger partial charge in [-0.3, -0.25) is 9.22 Å². The molecule has 0 aromatic rings. The molecule has 0 spiro atoms. The SMILES string of the molecule is CC12OS(=O)(=O)C3CC(OC31)C2OC(=O)C(F)(F)SOO[O-]. The summed E-state index contributed by atoms with van der Waals surface area (Å²) in [6.45, 7) is 1.31. The Balaban J connectivity index is 1.76. The first-order valence-corrected chi connectivity index (χ1v) is 8.16. The van der Waals surface area contributed by atoms with Crippen LogP contribution in [0, 0.1) is 0 Å². The average Bonchev–Trinajstić information content (AvgIpc) is 2.99. The van der Waals surface area contributed by atoms with Crippen LogP contribution in [0.3, 0.4) is 0 Å². The van der Waals surface area contributed by atoms with E-state index in [0.29, 0.717) is 0 Å². The molecule has 22 heavy (non-hydrogen) atoms. The average molecular weight is 363 g/mol. The molecule has 0 amide bonds. The second kappa shape index (κ2) is 4.96. The number of hydrogen-bond donors (Lipinski definition) is 0. The van der Waals surface area contributed by atoms with Gasteiger partial charge in [-0.2, -0.15) is 21.5 Å². The van der Waals surface area contributed by atoms with Crippen LogP contribution in [0.2, 0.25) is 0 Å². The molecule has 0 aromatic heterocycles. The van der Waals surface area contributed by atoms with Gasteiger partial charge in [0.15, 0.2) is 11.7 Å². The van der Waals surface area contributed by atoms with Crippen LogP contribution < -0.4 is 5.26 Å². The molecule has 5 unspecified atom stereocenters. The van der Waals surface area contributed by atoms with Gasteiger partial charge in [0.1, 0.15) is 23.4 Å². The van der Waals surface area contributed by atoms with Gasteiger partial charge in [0.2, 0.25) is 0 Å². The summed E-state index contributed by atoms with van der Waals surface area (Å²) in [7, 11) is -3.90. The summed E-state index contributed by atoms with van der Waals surface area (Å²) in [5.74, 6) is -2.03. The molecular weight excluding hydrogens is 354 g/mol. The predicted octanol–water partition coefficient (Wildman–Crippen LogP) is -0.979. The third-order valence-electron chi connectivity index (χ3n) is 3.90. The van der Waals surface area contributed by atoms with Gasteiger partial charge >= 0.3 is 11.2 Å². The van der Waals surface area contributed by atoms with Crippen molar-refractivity contribution in [2.75, 3.05) is 0 Å². The first kappa shape index (κ1) is 16.3. The van der Waals surface area contributed by atoms with E-state index in [-0.39, 0.29) is 6.42 Å². The van der Waals surface area contributed by atoms with Crippen molar-refractivity contribution in [3.05, 3.63) is 0 Å². The van der Waals surface area contributed by atoms with Crippen molar-refractivity contribution in [3.8, 4) is 0 Å². The molecule has 9 nitrogen and oxygen atoms in total. The standard InChI is InChI=1S/C9H10F2O9S2/c1-8-5(17-7(12)9(10,11)21-20-19-13)3-2-4(6(8)16-3)22(14,15)18-8/h3-6,13H,2H2,1H3/p-1. The van der Waals surface area contributed by atoms with E-state index in [1.807, 2.05) is 0 Å². The van der Waals surface area contributed by atoms with E-state index < -0.39 is 62.5 Å². The van der Waals surface area contributed by atoms with Gasteiger partial charge in [-0.05, 0) is 13.3 Å². The van der Waals surface area contributed by atoms with E-state index in [1.54, 1.807) is 0 Å². The zero-order chi connectivity index (χ0) is 16.3. The minimum absolute atomic E-state index is 0.0145. The highest BCUT2D eigenvalue weighted by Crippen LogP contribution is 2.54. The molecule has 3 saturated heterocycles. The fourth-order valence-electron chi connectivity index (χ4n) is 3.06. The fourth-order valence-corrected chi connectivity index (χ4v) is 5.16. The number of halogens is 2. The van der Waals surface area contributed by atoms with E-state index >= 15 is 0 Å². The van der Waals surface area contributed by atoms with Crippen molar-refractivity contribution in [2.24, 2.45) is 0 Å². The Labute approximate surface area is 127 Å². The highest BCUT2D eigenvalue weighted by atomic mass is 32.2. The van der Waals surface area contributed by atoms with Crippen LogP contribution in [0.15, 0.2) is 0 Å².